The van der Waals surface area contributed by atoms with Gasteiger partial charge in [-0.2, -0.15) is 0 Å². The minimum Gasteiger partial charge on any atom is -0.493 e. The molecule has 4 rings (SSSR count). The molecule has 0 unspecified atom stereocenters. The molecule has 0 saturated carbocycles. The molecule has 1 aromatic heterocycles. The maximum atomic E-state index is 12.6. The summed E-state index contributed by atoms with van der Waals surface area (Å²) >= 11 is 0. The van der Waals surface area contributed by atoms with Gasteiger partial charge in [-0.15, -0.1) is 0 Å². The summed E-state index contributed by atoms with van der Waals surface area (Å²) < 4.78 is 10.5. The van der Waals surface area contributed by atoms with Crippen molar-refractivity contribution in [1.29, 1.82) is 0 Å². The van der Waals surface area contributed by atoms with Crippen LogP contribution in [0.15, 0.2) is 41.2 Å². The van der Waals surface area contributed by atoms with Gasteiger partial charge in [0.25, 0.3) is 11.5 Å². The highest BCUT2D eigenvalue weighted by molar-refractivity contribution is 6.05. The van der Waals surface area contributed by atoms with E-state index in [9.17, 15) is 9.59 Å². The number of benzene rings is 2. The Morgan fingerprint density at radius 2 is 1.71 bits per heavy atom. The summed E-state index contributed by atoms with van der Waals surface area (Å²) in [5.74, 6) is 0.789. The molecule has 1 heterocycles. The van der Waals surface area contributed by atoms with Gasteiger partial charge in [0, 0.05) is 22.2 Å². The Bertz CT molecular complexity index is 1120. The number of carbonyl (C=O) groups excluding carboxylic acids is 1. The number of pyridine rings is 1. The van der Waals surface area contributed by atoms with Crippen molar-refractivity contribution < 1.29 is 14.3 Å². The Hall–Kier alpha value is -3.28. The van der Waals surface area contributed by atoms with Crippen molar-refractivity contribution in [2.75, 3.05) is 19.5 Å². The van der Waals surface area contributed by atoms with E-state index >= 15 is 0 Å². The summed E-state index contributed by atoms with van der Waals surface area (Å²) in [4.78, 5) is 28.0. The van der Waals surface area contributed by atoms with Crippen LogP contribution in [0.25, 0.3) is 10.9 Å². The SMILES string of the molecule is COc1ccc(C(=O)Nc2ccc3c4c(c(=O)[nH]c3c2)CCCC4)cc1OC. The largest absolute Gasteiger partial charge is 0.493 e. The lowest BCUT2D eigenvalue weighted by atomic mass is 9.90. The lowest BCUT2D eigenvalue weighted by Crippen LogP contribution is -2.19. The number of amides is 1. The Morgan fingerprint density at radius 3 is 2.46 bits per heavy atom. The van der Waals surface area contributed by atoms with Crippen molar-refractivity contribution in [2.24, 2.45) is 0 Å². The number of anilines is 1. The molecule has 6 nitrogen and oxygen atoms in total. The molecule has 1 amide bonds. The van der Waals surface area contributed by atoms with Crippen LogP contribution in [0.5, 0.6) is 11.5 Å². The molecular formula is C22H22N2O4. The minimum atomic E-state index is -0.263. The van der Waals surface area contributed by atoms with E-state index in [4.69, 9.17) is 9.47 Å². The van der Waals surface area contributed by atoms with Crippen molar-refractivity contribution >= 4 is 22.5 Å². The van der Waals surface area contributed by atoms with Gasteiger partial charge in [-0.1, -0.05) is 6.07 Å². The highest BCUT2D eigenvalue weighted by atomic mass is 16.5. The average molecular weight is 378 g/mol. The van der Waals surface area contributed by atoms with E-state index in [1.165, 1.54) is 7.11 Å². The average Bonchev–Trinajstić information content (AvgIpc) is 2.73. The molecule has 3 aromatic rings. The van der Waals surface area contributed by atoms with Gasteiger partial charge in [-0.05, 0) is 61.6 Å². The molecule has 0 aliphatic heterocycles. The van der Waals surface area contributed by atoms with Gasteiger partial charge in [0.1, 0.15) is 0 Å². The number of hydrogen-bond acceptors (Lipinski definition) is 4. The van der Waals surface area contributed by atoms with Gasteiger partial charge in [0.05, 0.1) is 19.7 Å². The van der Waals surface area contributed by atoms with Crippen LogP contribution in [0.3, 0.4) is 0 Å². The van der Waals surface area contributed by atoms with Crippen molar-refractivity contribution in [1.82, 2.24) is 4.98 Å². The van der Waals surface area contributed by atoms with Crippen LogP contribution < -0.4 is 20.3 Å². The summed E-state index contributed by atoms with van der Waals surface area (Å²) in [5, 5.41) is 3.94. The van der Waals surface area contributed by atoms with Crippen LogP contribution in [0, 0.1) is 0 Å². The Balaban J connectivity index is 1.65. The van der Waals surface area contributed by atoms with Crippen LogP contribution >= 0.6 is 0 Å². The Labute approximate surface area is 162 Å². The van der Waals surface area contributed by atoms with E-state index in [-0.39, 0.29) is 11.5 Å². The highest BCUT2D eigenvalue weighted by Crippen LogP contribution is 2.29. The zero-order chi connectivity index (χ0) is 19.7. The lowest BCUT2D eigenvalue weighted by Gasteiger charge is -2.17. The number of carbonyl (C=O) groups is 1. The fourth-order valence-corrected chi connectivity index (χ4v) is 3.82. The molecule has 0 bridgehead atoms. The molecule has 28 heavy (non-hydrogen) atoms. The van der Waals surface area contributed by atoms with Gasteiger partial charge >= 0.3 is 0 Å². The number of aromatic nitrogens is 1. The summed E-state index contributed by atoms with van der Waals surface area (Å²) in [5.41, 5.74) is 3.85. The number of ether oxygens (including phenoxy) is 2. The first kappa shape index (κ1) is 18.1. The maximum Gasteiger partial charge on any atom is 0.255 e. The summed E-state index contributed by atoms with van der Waals surface area (Å²) in [6.07, 6.45) is 3.91. The fraction of sp³-hybridized carbons (Fsp3) is 0.273. The van der Waals surface area contributed by atoms with Gasteiger partial charge in [0.15, 0.2) is 11.5 Å². The van der Waals surface area contributed by atoms with Crippen molar-refractivity contribution in [3.63, 3.8) is 0 Å². The Morgan fingerprint density at radius 1 is 0.964 bits per heavy atom. The second-order valence-electron chi connectivity index (χ2n) is 6.90. The summed E-state index contributed by atoms with van der Waals surface area (Å²) in [7, 11) is 3.08. The second-order valence-corrected chi connectivity index (χ2v) is 6.90. The molecule has 1 aliphatic rings. The van der Waals surface area contributed by atoms with Gasteiger partial charge in [-0.3, -0.25) is 9.59 Å². The standard InChI is InChI=1S/C22H22N2O4/c1-27-19-10-7-13(11-20(19)28-2)21(25)23-14-8-9-16-15-5-3-4-6-17(15)22(26)24-18(16)12-14/h7-12H,3-6H2,1-2H3,(H,23,25)(H,24,26). The molecule has 1 aliphatic carbocycles. The minimum absolute atomic E-state index is 0.0226. The van der Waals surface area contributed by atoms with E-state index in [0.29, 0.717) is 22.7 Å². The number of rotatable bonds is 4. The van der Waals surface area contributed by atoms with E-state index in [1.807, 2.05) is 18.2 Å². The van der Waals surface area contributed by atoms with Crippen LogP contribution in [-0.2, 0) is 12.8 Å². The first-order chi connectivity index (χ1) is 13.6. The third-order valence-corrected chi connectivity index (χ3v) is 5.24. The van der Waals surface area contributed by atoms with E-state index < -0.39 is 0 Å². The zero-order valence-corrected chi connectivity index (χ0v) is 15.9. The molecule has 6 heteroatoms. The molecule has 144 valence electrons. The molecular weight excluding hydrogens is 356 g/mol. The third kappa shape index (κ3) is 3.22. The smallest absolute Gasteiger partial charge is 0.255 e. The normalized spacial score (nSPS) is 13.1. The number of fused-ring (bicyclic) bond motifs is 3. The molecule has 0 fully saturated rings. The number of aryl methyl sites for hydroxylation is 1. The quantitative estimate of drug-likeness (QED) is 0.726. The monoisotopic (exact) mass is 378 g/mol. The summed E-state index contributed by atoms with van der Waals surface area (Å²) in [6.45, 7) is 0. The maximum absolute atomic E-state index is 12.6. The topological polar surface area (TPSA) is 80.4 Å². The van der Waals surface area contributed by atoms with E-state index in [1.54, 1.807) is 25.3 Å². The predicted octanol–water partition coefficient (Wildman–Crippen LogP) is 3.68. The van der Waals surface area contributed by atoms with Crippen LogP contribution in [0.2, 0.25) is 0 Å². The lowest BCUT2D eigenvalue weighted by molar-refractivity contribution is 0.102. The molecule has 2 N–H and O–H groups in total. The third-order valence-electron chi connectivity index (χ3n) is 5.24. The summed E-state index contributed by atoms with van der Waals surface area (Å²) in [6, 6.07) is 10.7. The van der Waals surface area contributed by atoms with Crippen molar-refractivity contribution in [3.05, 3.63) is 63.4 Å². The van der Waals surface area contributed by atoms with Crippen molar-refractivity contribution in [3.8, 4) is 11.5 Å². The molecule has 2 aromatic carbocycles. The first-order valence-electron chi connectivity index (χ1n) is 9.32. The van der Waals surface area contributed by atoms with E-state index in [2.05, 4.69) is 10.3 Å². The number of nitrogens with one attached hydrogen (secondary N) is 2. The highest BCUT2D eigenvalue weighted by Gasteiger charge is 2.17. The van der Waals surface area contributed by atoms with E-state index in [0.717, 1.165) is 47.7 Å². The van der Waals surface area contributed by atoms with Crippen molar-refractivity contribution in [2.45, 2.75) is 25.7 Å². The molecule has 0 saturated heterocycles. The molecule has 0 atom stereocenters. The van der Waals surface area contributed by atoms with Crippen LogP contribution in [0.4, 0.5) is 5.69 Å². The first-order valence-corrected chi connectivity index (χ1v) is 9.32. The van der Waals surface area contributed by atoms with Gasteiger partial charge < -0.3 is 19.8 Å². The molecule has 0 radical (unpaired) electrons. The number of H-pyrrole nitrogens is 1. The van der Waals surface area contributed by atoms with Gasteiger partial charge in [0.2, 0.25) is 0 Å². The number of methoxy groups -OCH3 is 2. The Kier molecular flexibility index (Phi) is 4.77. The fourth-order valence-electron chi connectivity index (χ4n) is 3.82. The predicted molar refractivity (Wildman–Crippen MR) is 109 cm³/mol. The number of hydrogen-bond donors (Lipinski definition) is 2. The second kappa shape index (κ2) is 7.38. The van der Waals surface area contributed by atoms with Crippen LogP contribution in [-0.4, -0.2) is 25.1 Å². The van der Waals surface area contributed by atoms with Gasteiger partial charge in [-0.25, -0.2) is 0 Å². The zero-order valence-electron chi connectivity index (χ0n) is 15.9. The number of aromatic amines is 1. The molecule has 0 spiro atoms. The van der Waals surface area contributed by atoms with Crippen LogP contribution in [0.1, 0.15) is 34.3 Å².